The molecule has 3 saturated heterocycles. The molecule has 11 heteroatoms. The van der Waals surface area contributed by atoms with Crippen molar-refractivity contribution in [3.8, 4) is 5.69 Å². The molecule has 0 bridgehead atoms. The Morgan fingerprint density at radius 1 is 1.22 bits per heavy atom. The predicted octanol–water partition coefficient (Wildman–Crippen LogP) is 0.669. The van der Waals surface area contributed by atoms with Gasteiger partial charge in [-0.3, -0.25) is 24.5 Å². The lowest BCUT2D eigenvalue weighted by Gasteiger charge is -2.40. The van der Waals surface area contributed by atoms with E-state index in [4.69, 9.17) is 4.74 Å². The number of hydrogen-bond acceptors (Lipinski definition) is 7. The van der Waals surface area contributed by atoms with Crippen LogP contribution in [0.5, 0.6) is 0 Å². The summed E-state index contributed by atoms with van der Waals surface area (Å²) in [4.78, 5) is 53.3. The van der Waals surface area contributed by atoms with Crippen LogP contribution in [0.2, 0.25) is 0 Å². The van der Waals surface area contributed by atoms with Crippen molar-refractivity contribution in [2.45, 2.75) is 50.3 Å². The first-order valence-corrected chi connectivity index (χ1v) is 12.6. The summed E-state index contributed by atoms with van der Waals surface area (Å²) in [6.07, 6.45) is 5.29. The number of amides is 4. The summed E-state index contributed by atoms with van der Waals surface area (Å²) in [7, 11) is 0. The van der Waals surface area contributed by atoms with E-state index in [1.807, 2.05) is 11.0 Å². The van der Waals surface area contributed by atoms with E-state index in [1.54, 1.807) is 18.3 Å². The van der Waals surface area contributed by atoms with Crippen LogP contribution in [0.1, 0.15) is 58.5 Å². The zero-order valence-electron chi connectivity index (χ0n) is 19.7. The molecule has 186 valence electrons. The maximum atomic E-state index is 13.2. The fourth-order valence-electron chi connectivity index (χ4n) is 6.45. The molecule has 1 saturated carbocycles. The Hall–Kier alpha value is -3.60. The number of ether oxygens (including phenoxy) is 1. The molecule has 4 aliphatic heterocycles. The third kappa shape index (κ3) is 3.29. The van der Waals surface area contributed by atoms with Gasteiger partial charge in [0.05, 0.1) is 30.6 Å². The van der Waals surface area contributed by atoms with Crippen molar-refractivity contribution in [3.05, 3.63) is 41.2 Å². The number of benzene rings is 1. The molecule has 1 N–H and O–H groups in total. The molecule has 5 heterocycles. The number of piperidine rings is 2. The van der Waals surface area contributed by atoms with E-state index in [1.165, 1.54) is 16.0 Å². The molecule has 4 fully saturated rings. The summed E-state index contributed by atoms with van der Waals surface area (Å²) < 4.78 is 7.68. The highest BCUT2D eigenvalue weighted by Gasteiger charge is 2.60. The number of hydrogen-bond donors (Lipinski definition) is 1. The van der Waals surface area contributed by atoms with Crippen LogP contribution in [0.4, 0.5) is 0 Å². The average molecular weight is 491 g/mol. The van der Waals surface area contributed by atoms with E-state index >= 15 is 0 Å². The lowest BCUT2D eigenvalue weighted by Crippen LogP contribution is -2.52. The van der Waals surface area contributed by atoms with E-state index in [2.05, 4.69) is 15.6 Å². The lowest BCUT2D eigenvalue weighted by molar-refractivity contribution is -0.136. The Morgan fingerprint density at radius 3 is 2.89 bits per heavy atom. The second-order valence-electron chi connectivity index (χ2n) is 10.6. The molecular weight excluding hydrogens is 464 g/mol. The lowest BCUT2D eigenvalue weighted by atomic mass is 9.88. The van der Waals surface area contributed by atoms with Crippen LogP contribution >= 0.6 is 0 Å². The quantitative estimate of drug-likeness (QED) is 0.627. The molecule has 1 aliphatic carbocycles. The van der Waals surface area contributed by atoms with Gasteiger partial charge in [-0.1, -0.05) is 5.21 Å². The van der Waals surface area contributed by atoms with Gasteiger partial charge >= 0.3 is 0 Å². The van der Waals surface area contributed by atoms with E-state index in [0.29, 0.717) is 42.6 Å². The van der Waals surface area contributed by atoms with Gasteiger partial charge in [-0.2, -0.15) is 0 Å². The standard InChI is InChI=1S/C25H26N6O5/c32-21-5-4-20(22(33)26-21)30-10-14-8-16(2-3-17(14)23(30)34)31-11-19(27-28-31)24(35)29-7-1-6-25(13-29)18-9-15(18)12-36-25/h2-3,8,11,15,18,20H,1,4-7,9-10,12-13H2,(H,26,32,33)/t15-,18-,20?,25?/m0/s1. The molecule has 1 spiro atoms. The number of rotatable bonds is 3. The number of carbonyl (C=O) groups excluding carboxylic acids is 4. The van der Waals surface area contributed by atoms with Crippen molar-refractivity contribution in [1.82, 2.24) is 30.1 Å². The van der Waals surface area contributed by atoms with E-state index in [0.717, 1.165) is 25.0 Å². The minimum Gasteiger partial charge on any atom is -0.373 e. The fraction of sp³-hybridized carbons (Fsp3) is 0.520. The second kappa shape index (κ2) is 7.70. The normalized spacial score (nSPS) is 31.0. The van der Waals surface area contributed by atoms with Crippen molar-refractivity contribution >= 4 is 23.6 Å². The predicted molar refractivity (Wildman–Crippen MR) is 123 cm³/mol. The maximum Gasteiger partial charge on any atom is 0.276 e. The van der Waals surface area contributed by atoms with Crippen LogP contribution in [0.25, 0.3) is 5.69 Å². The van der Waals surface area contributed by atoms with E-state index < -0.39 is 11.9 Å². The summed E-state index contributed by atoms with van der Waals surface area (Å²) in [6.45, 7) is 2.37. The molecule has 36 heavy (non-hydrogen) atoms. The van der Waals surface area contributed by atoms with Gasteiger partial charge in [0.2, 0.25) is 11.8 Å². The Balaban J connectivity index is 1.08. The SMILES string of the molecule is O=C1CCC(N2Cc3cc(-n4cc(C(=O)N5CCCC6(C5)OC[C@@H]5C[C@@H]56)nn4)ccc3C2=O)C(=O)N1. The number of nitrogens with one attached hydrogen (secondary N) is 1. The average Bonchev–Trinajstić information content (AvgIpc) is 3.20. The monoisotopic (exact) mass is 490 g/mol. The number of nitrogens with zero attached hydrogens (tertiary/aromatic N) is 5. The van der Waals surface area contributed by atoms with E-state index in [9.17, 15) is 19.2 Å². The highest BCUT2D eigenvalue weighted by atomic mass is 16.5. The van der Waals surface area contributed by atoms with Crippen LogP contribution < -0.4 is 5.32 Å². The third-order valence-electron chi connectivity index (χ3n) is 8.44. The maximum absolute atomic E-state index is 13.2. The molecule has 2 unspecified atom stereocenters. The van der Waals surface area contributed by atoms with Crippen LogP contribution in [-0.4, -0.2) is 79.8 Å². The molecule has 4 amide bonds. The number of carbonyl (C=O) groups is 4. The zero-order chi connectivity index (χ0) is 24.6. The van der Waals surface area contributed by atoms with Crippen molar-refractivity contribution in [1.29, 1.82) is 0 Å². The van der Waals surface area contributed by atoms with Crippen molar-refractivity contribution < 1.29 is 23.9 Å². The van der Waals surface area contributed by atoms with Crippen LogP contribution in [0.3, 0.4) is 0 Å². The molecule has 5 aliphatic rings. The van der Waals surface area contributed by atoms with Crippen molar-refractivity contribution in [3.63, 3.8) is 0 Å². The van der Waals surface area contributed by atoms with Gasteiger partial charge < -0.3 is 14.5 Å². The van der Waals surface area contributed by atoms with Gasteiger partial charge in [0, 0.05) is 25.1 Å². The third-order valence-corrected chi connectivity index (χ3v) is 8.44. The smallest absolute Gasteiger partial charge is 0.276 e. The summed E-state index contributed by atoms with van der Waals surface area (Å²) >= 11 is 0. The number of aromatic nitrogens is 3. The molecule has 1 aromatic heterocycles. The van der Waals surface area contributed by atoms with Crippen LogP contribution in [0.15, 0.2) is 24.4 Å². The zero-order valence-corrected chi connectivity index (χ0v) is 19.7. The summed E-state index contributed by atoms with van der Waals surface area (Å²) in [5, 5.41) is 10.6. The van der Waals surface area contributed by atoms with Gasteiger partial charge in [-0.05, 0) is 61.3 Å². The van der Waals surface area contributed by atoms with Crippen LogP contribution in [-0.2, 0) is 20.9 Å². The minimum atomic E-state index is -0.663. The van der Waals surface area contributed by atoms with Gasteiger partial charge in [0.25, 0.3) is 11.8 Å². The summed E-state index contributed by atoms with van der Waals surface area (Å²) in [5.41, 5.74) is 2.05. The highest BCUT2D eigenvalue weighted by molar-refractivity contribution is 6.05. The van der Waals surface area contributed by atoms with Gasteiger partial charge in [-0.15, -0.1) is 5.10 Å². The Bertz CT molecular complexity index is 1320. The van der Waals surface area contributed by atoms with Crippen molar-refractivity contribution in [2.75, 3.05) is 19.7 Å². The highest BCUT2D eigenvalue weighted by Crippen LogP contribution is 2.57. The first kappa shape index (κ1) is 21.7. The molecule has 0 radical (unpaired) electrons. The second-order valence-corrected chi connectivity index (χ2v) is 10.6. The first-order valence-electron chi connectivity index (χ1n) is 12.6. The molecule has 11 nitrogen and oxygen atoms in total. The molecule has 2 aromatic rings. The first-order chi connectivity index (χ1) is 17.4. The number of likely N-dealkylation sites (tertiary alicyclic amines) is 1. The van der Waals surface area contributed by atoms with Gasteiger partial charge in [0.15, 0.2) is 5.69 Å². The van der Waals surface area contributed by atoms with Crippen LogP contribution in [0, 0.1) is 11.8 Å². The van der Waals surface area contributed by atoms with E-state index in [-0.39, 0.29) is 42.0 Å². The Morgan fingerprint density at radius 2 is 2.11 bits per heavy atom. The largest absolute Gasteiger partial charge is 0.373 e. The van der Waals surface area contributed by atoms with Gasteiger partial charge in [0.1, 0.15) is 6.04 Å². The fourth-order valence-corrected chi connectivity index (χ4v) is 6.45. The number of imide groups is 1. The minimum absolute atomic E-state index is 0.145. The molecule has 7 rings (SSSR count). The summed E-state index contributed by atoms with van der Waals surface area (Å²) in [6, 6.07) is 4.63. The summed E-state index contributed by atoms with van der Waals surface area (Å²) in [5.74, 6) is 0.120. The van der Waals surface area contributed by atoms with Gasteiger partial charge in [-0.25, -0.2) is 4.68 Å². The number of fused-ring (bicyclic) bond motifs is 3. The Kier molecular flexibility index (Phi) is 4.63. The Labute approximate surface area is 206 Å². The molecule has 1 aromatic carbocycles. The topological polar surface area (TPSA) is 127 Å². The molecule has 4 atom stereocenters. The molecular formula is C25H26N6O5. The van der Waals surface area contributed by atoms with Crippen molar-refractivity contribution in [2.24, 2.45) is 11.8 Å².